The quantitative estimate of drug-likeness (QED) is 0.681. The van der Waals surface area contributed by atoms with E-state index in [0.717, 1.165) is 37.8 Å². The monoisotopic (exact) mass is 439 g/mol. The van der Waals surface area contributed by atoms with E-state index in [1.807, 2.05) is 13.0 Å². The number of rotatable bonds is 3. The highest BCUT2D eigenvalue weighted by Crippen LogP contribution is 2.31. The van der Waals surface area contributed by atoms with Crippen LogP contribution in [0.5, 0.6) is 0 Å². The van der Waals surface area contributed by atoms with E-state index in [4.69, 9.17) is 0 Å². The predicted molar refractivity (Wildman–Crippen MR) is 110 cm³/mol. The number of pyridine rings is 1. The molecule has 2 aliphatic heterocycles. The Labute approximate surface area is 178 Å². The van der Waals surface area contributed by atoms with E-state index in [-0.39, 0.29) is 5.82 Å². The molecular formula is C20H25F4N7. The summed E-state index contributed by atoms with van der Waals surface area (Å²) in [5.41, 5.74) is -1.08. The van der Waals surface area contributed by atoms with E-state index in [1.54, 1.807) is 4.90 Å². The Morgan fingerprint density at radius 2 is 1.32 bits per heavy atom. The molecule has 0 amide bonds. The molecule has 0 spiro atoms. The van der Waals surface area contributed by atoms with Crippen molar-refractivity contribution in [2.45, 2.75) is 13.1 Å². The summed E-state index contributed by atoms with van der Waals surface area (Å²) < 4.78 is 52.5. The molecule has 0 atom stereocenters. The van der Waals surface area contributed by atoms with Gasteiger partial charge in [0.05, 0.1) is 5.56 Å². The predicted octanol–water partition coefficient (Wildman–Crippen LogP) is 2.42. The molecule has 7 nitrogen and oxygen atoms in total. The van der Waals surface area contributed by atoms with Gasteiger partial charge in [0.2, 0.25) is 0 Å². The van der Waals surface area contributed by atoms with Gasteiger partial charge in [0, 0.05) is 64.6 Å². The van der Waals surface area contributed by atoms with Gasteiger partial charge in [-0.2, -0.15) is 13.2 Å². The summed E-state index contributed by atoms with van der Waals surface area (Å²) in [5, 5.41) is 0. The first-order chi connectivity index (χ1) is 14.7. The van der Waals surface area contributed by atoms with Crippen molar-refractivity contribution in [3.63, 3.8) is 0 Å². The number of alkyl halides is 3. The van der Waals surface area contributed by atoms with Gasteiger partial charge in [0.1, 0.15) is 17.5 Å². The van der Waals surface area contributed by atoms with Crippen LogP contribution in [-0.2, 0) is 6.18 Å². The van der Waals surface area contributed by atoms with E-state index >= 15 is 0 Å². The maximum Gasteiger partial charge on any atom is 0.417 e. The van der Waals surface area contributed by atoms with Crippen molar-refractivity contribution in [3.05, 3.63) is 35.5 Å². The summed E-state index contributed by atoms with van der Waals surface area (Å²) in [6.45, 7) is 7.59. The van der Waals surface area contributed by atoms with E-state index in [1.165, 1.54) is 0 Å². The topological polar surface area (TPSA) is 51.6 Å². The van der Waals surface area contributed by atoms with Crippen molar-refractivity contribution in [3.8, 4) is 0 Å². The molecule has 168 valence electrons. The lowest BCUT2D eigenvalue weighted by molar-refractivity contribution is -0.138. The number of piperazine rings is 2. The third-order valence-electron chi connectivity index (χ3n) is 5.69. The van der Waals surface area contributed by atoms with Crippen molar-refractivity contribution in [2.24, 2.45) is 0 Å². The largest absolute Gasteiger partial charge is 0.417 e. The molecule has 0 aliphatic carbocycles. The smallest absolute Gasteiger partial charge is 0.354 e. The highest BCUT2D eigenvalue weighted by atomic mass is 19.4. The van der Waals surface area contributed by atoms with Crippen LogP contribution in [-0.4, -0.2) is 79.3 Å². The fourth-order valence-corrected chi connectivity index (χ4v) is 3.86. The lowest BCUT2D eigenvalue weighted by atomic mass is 10.2. The summed E-state index contributed by atoms with van der Waals surface area (Å²) in [6, 6.07) is 2.48. The van der Waals surface area contributed by atoms with Crippen LogP contribution in [0, 0.1) is 12.7 Å². The fourth-order valence-electron chi connectivity index (χ4n) is 3.86. The van der Waals surface area contributed by atoms with Crippen LogP contribution in [0.25, 0.3) is 0 Å². The van der Waals surface area contributed by atoms with Crippen molar-refractivity contribution in [1.29, 1.82) is 0 Å². The van der Waals surface area contributed by atoms with Crippen LogP contribution >= 0.6 is 0 Å². The first kappa shape index (κ1) is 21.5. The van der Waals surface area contributed by atoms with Crippen LogP contribution in [0.1, 0.15) is 11.4 Å². The van der Waals surface area contributed by atoms with Crippen LogP contribution < -0.4 is 14.7 Å². The minimum absolute atomic E-state index is 0.0513. The normalized spacial score (nSPS) is 18.6. The average Bonchev–Trinajstić information content (AvgIpc) is 2.73. The second kappa shape index (κ2) is 8.45. The van der Waals surface area contributed by atoms with Crippen molar-refractivity contribution in [1.82, 2.24) is 19.9 Å². The van der Waals surface area contributed by atoms with Gasteiger partial charge in [-0.1, -0.05) is 0 Å². The zero-order chi connectivity index (χ0) is 22.2. The third-order valence-corrected chi connectivity index (χ3v) is 5.69. The van der Waals surface area contributed by atoms with Crippen LogP contribution in [0.2, 0.25) is 0 Å². The standard InChI is InChI=1S/C20H25F4N7/c1-14-26-17(29-5-3-28(2)4-6-29)12-18(27-14)30-7-9-31(10-8-30)19-16(21)11-15(13-25-19)20(22,23)24/h11-13H,3-10H2,1-2H3. The third kappa shape index (κ3) is 4.81. The van der Waals surface area contributed by atoms with Gasteiger partial charge in [-0.25, -0.2) is 19.3 Å². The second-order valence-corrected chi connectivity index (χ2v) is 7.92. The Balaban J connectivity index is 1.44. The SMILES string of the molecule is Cc1nc(N2CCN(C)CC2)cc(N2CCN(c3ncc(C(F)(F)F)cc3F)CC2)n1. The Kier molecular flexibility index (Phi) is 5.87. The highest BCUT2D eigenvalue weighted by molar-refractivity contribution is 5.53. The average molecular weight is 439 g/mol. The molecule has 2 fully saturated rings. The molecule has 2 aromatic heterocycles. The number of anilines is 3. The van der Waals surface area contributed by atoms with Gasteiger partial charge < -0.3 is 19.6 Å². The molecule has 0 saturated carbocycles. The summed E-state index contributed by atoms with van der Waals surface area (Å²) >= 11 is 0. The molecule has 0 unspecified atom stereocenters. The Morgan fingerprint density at radius 1 is 0.806 bits per heavy atom. The van der Waals surface area contributed by atoms with Crippen LogP contribution in [0.15, 0.2) is 18.3 Å². The van der Waals surface area contributed by atoms with Crippen molar-refractivity contribution in [2.75, 3.05) is 74.1 Å². The Bertz CT molecular complexity index is 920. The van der Waals surface area contributed by atoms with Gasteiger partial charge in [0.15, 0.2) is 11.6 Å². The first-order valence-corrected chi connectivity index (χ1v) is 10.2. The number of hydrogen-bond acceptors (Lipinski definition) is 7. The minimum Gasteiger partial charge on any atom is -0.354 e. The summed E-state index contributed by atoms with van der Waals surface area (Å²) in [7, 11) is 2.10. The van der Waals surface area contributed by atoms with E-state index < -0.39 is 17.6 Å². The van der Waals surface area contributed by atoms with Gasteiger partial charge in [-0.05, 0) is 20.0 Å². The molecule has 31 heavy (non-hydrogen) atoms. The molecule has 0 bridgehead atoms. The maximum atomic E-state index is 14.3. The van der Waals surface area contributed by atoms with Crippen LogP contribution in [0.4, 0.5) is 35.0 Å². The Morgan fingerprint density at radius 3 is 1.84 bits per heavy atom. The number of likely N-dealkylation sites (N-methyl/N-ethyl adjacent to an activating group) is 1. The minimum atomic E-state index is -4.61. The fraction of sp³-hybridized carbons (Fsp3) is 0.550. The van der Waals surface area contributed by atoms with E-state index in [2.05, 4.69) is 36.7 Å². The van der Waals surface area contributed by atoms with Gasteiger partial charge >= 0.3 is 6.18 Å². The molecule has 11 heteroatoms. The Hall–Kier alpha value is -2.69. The number of nitrogens with zero attached hydrogens (tertiary/aromatic N) is 7. The molecule has 2 aromatic rings. The van der Waals surface area contributed by atoms with E-state index in [9.17, 15) is 17.6 Å². The zero-order valence-corrected chi connectivity index (χ0v) is 17.5. The van der Waals surface area contributed by atoms with Gasteiger partial charge in [0.25, 0.3) is 0 Å². The van der Waals surface area contributed by atoms with Gasteiger partial charge in [-0.3, -0.25) is 0 Å². The van der Waals surface area contributed by atoms with Crippen molar-refractivity contribution >= 4 is 17.5 Å². The number of aryl methyl sites for hydroxylation is 1. The summed E-state index contributed by atoms with van der Waals surface area (Å²) in [4.78, 5) is 21.2. The molecule has 2 saturated heterocycles. The molecule has 2 aliphatic rings. The maximum absolute atomic E-state index is 14.3. The molecule has 0 radical (unpaired) electrons. The molecule has 0 aromatic carbocycles. The lowest BCUT2D eigenvalue weighted by Gasteiger charge is -2.37. The molecule has 0 N–H and O–H groups in total. The summed E-state index contributed by atoms with van der Waals surface area (Å²) in [6.07, 6.45) is -3.93. The number of hydrogen-bond donors (Lipinski definition) is 0. The van der Waals surface area contributed by atoms with Crippen molar-refractivity contribution < 1.29 is 17.6 Å². The number of halogens is 4. The second-order valence-electron chi connectivity index (χ2n) is 7.92. The molecule has 4 heterocycles. The highest BCUT2D eigenvalue weighted by Gasteiger charge is 2.33. The lowest BCUT2D eigenvalue weighted by Crippen LogP contribution is -2.48. The molecule has 4 rings (SSSR count). The summed E-state index contributed by atoms with van der Waals surface area (Å²) in [5.74, 6) is 1.38. The zero-order valence-electron chi connectivity index (χ0n) is 17.5. The number of aromatic nitrogens is 3. The first-order valence-electron chi connectivity index (χ1n) is 10.2. The van der Waals surface area contributed by atoms with E-state index in [0.29, 0.717) is 44.3 Å². The molecular weight excluding hydrogens is 414 g/mol. The van der Waals surface area contributed by atoms with Gasteiger partial charge in [-0.15, -0.1) is 0 Å². The van der Waals surface area contributed by atoms with Crippen LogP contribution in [0.3, 0.4) is 0 Å².